The first kappa shape index (κ1) is 18.3. The number of hydrogen-bond donors (Lipinski definition) is 0. The number of carbonyl (C=O) groups excluding carboxylic acids is 1. The SMILES string of the molecule is COC(=O)c1nc(-c2ccc(CCCCC#N)cc2Cl)ccc1Cl. The van der Waals surface area contributed by atoms with Gasteiger partial charge in [-0.15, -0.1) is 0 Å². The highest BCUT2D eigenvalue weighted by Gasteiger charge is 2.15. The van der Waals surface area contributed by atoms with E-state index >= 15 is 0 Å². The van der Waals surface area contributed by atoms with Crippen molar-refractivity contribution in [1.82, 2.24) is 4.98 Å². The summed E-state index contributed by atoms with van der Waals surface area (Å²) in [7, 11) is 1.28. The minimum atomic E-state index is -0.591. The molecule has 6 heteroatoms. The van der Waals surface area contributed by atoms with E-state index in [4.69, 9.17) is 28.5 Å². The molecular weight excluding hydrogens is 347 g/mol. The maximum absolute atomic E-state index is 11.7. The quantitative estimate of drug-likeness (QED) is 0.530. The Kier molecular flexibility index (Phi) is 6.60. The number of aryl methyl sites for hydroxylation is 1. The van der Waals surface area contributed by atoms with Crippen molar-refractivity contribution in [3.63, 3.8) is 0 Å². The highest BCUT2D eigenvalue weighted by molar-refractivity contribution is 6.34. The van der Waals surface area contributed by atoms with Crippen molar-refractivity contribution in [3.8, 4) is 17.3 Å². The van der Waals surface area contributed by atoms with Gasteiger partial charge < -0.3 is 4.74 Å². The third kappa shape index (κ3) is 4.47. The maximum atomic E-state index is 11.7. The smallest absolute Gasteiger partial charge is 0.358 e. The number of rotatable bonds is 6. The van der Waals surface area contributed by atoms with Crippen molar-refractivity contribution in [2.24, 2.45) is 0 Å². The maximum Gasteiger partial charge on any atom is 0.358 e. The molecule has 0 atom stereocenters. The van der Waals surface area contributed by atoms with Crippen molar-refractivity contribution in [2.45, 2.75) is 25.7 Å². The largest absolute Gasteiger partial charge is 0.464 e. The Labute approximate surface area is 151 Å². The summed E-state index contributed by atoms with van der Waals surface area (Å²) >= 11 is 12.4. The molecule has 2 aromatic rings. The third-order valence-electron chi connectivity index (χ3n) is 3.54. The lowest BCUT2D eigenvalue weighted by Gasteiger charge is -2.09. The molecule has 0 aliphatic carbocycles. The molecule has 0 fully saturated rings. The van der Waals surface area contributed by atoms with E-state index in [1.807, 2.05) is 18.2 Å². The molecule has 0 bridgehead atoms. The second kappa shape index (κ2) is 8.68. The van der Waals surface area contributed by atoms with Gasteiger partial charge in [0.05, 0.1) is 28.9 Å². The van der Waals surface area contributed by atoms with Crippen LogP contribution in [0.5, 0.6) is 0 Å². The number of methoxy groups -OCH3 is 1. The van der Waals surface area contributed by atoms with Crippen LogP contribution in [0.15, 0.2) is 30.3 Å². The van der Waals surface area contributed by atoms with Crippen molar-refractivity contribution >= 4 is 29.2 Å². The summed E-state index contributed by atoms with van der Waals surface area (Å²) in [5.41, 5.74) is 2.44. The van der Waals surface area contributed by atoms with Crippen LogP contribution in [0.3, 0.4) is 0 Å². The lowest BCUT2D eigenvalue weighted by atomic mass is 10.0. The summed E-state index contributed by atoms with van der Waals surface area (Å²) in [6.45, 7) is 0. The summed E-state index contributed by atoms with van der Waals surface area (Å²) in [5, 5.41) is 9.33. The number of pyridine rings is 1. The van der Waals surface area contributed by atoms with Crippen LogP contribution in [0.25, 0.3) is 11.3 Å². The van der Waals surface area contributed by atoms with Crippen LogP contribution < -0.4 is 0 Å². The van der Waals surface area contributed by atoms with Crippen molar-refractivity contribution in [2.75, 3.05) is 7.11 Å². The molecule has 1 aromatic heterocycles. The Morgan fingerprint density at radius 1 is 1.21 bits per heavy atom. The van der Waals surface area contributed by atoms with Crippen LogP contribution in [0.4, 0.5) is 0 Å². The van der Waals surface area contributed by atoms with Gasteiger partial charge in [-0.05, 0) is 43.0 Å². The zero-order valence-electron chi connectivity index (χ0n) is 13.2. The van der Waals surface area contributed by atoms with Gasteiger partial charge in [0.15, 0.2) is 5.69 Å². The molecule has 2 rings (SSSR count). The number of esters is 1. The van der Waals surface area contributed by atoms with E-state index in [9.17, 15) is 4.79 Å². The molecule has 0 saturated carbocycles. The third-order valence-corrected chi connectivity index (χ3v) is 4.16. The molecule has 1 heterocycles. The van der Waals surface area contributed by atoms with Gasteiger partial charge in [-0.3, -0.25) is 0 Å². The molecule has 124 valence electrons. The number of hydrogen-bond acceptors (Lipinski definition) is 4. The van der Waals surface area contributed by atoms with E-state index in [1.54, 1.807) is 12.1 Å². The number of nitrogens with zero attached hydrogens (tertiary/aromatic N) is 2. The molecular formula is C18H16Cl2N2O2. The zero-order chi connectivity index (χ0) is 17.5. The molecule has 0 amide bonds. The summed E-state index contributed by atoms with van der Waals surface area (Å²) < 4.78 is 4.68. The molecule has 24 heavy (non-hydrogen) atoms. The highest BCUT2D eigenvalue weighted by atomic mass is 35.5. The second-order valence-corrected chi connectivity index (χ2v) is 6.01. The van der Waals surface area contributed by atoms with Gasteiger partial charge in [-0.25, -0.2) is 9.78 Å². The van der Waals surface area contributed by atoms with Gasteiger partial charge >= 0.3 is 5.97 Å². The fourth-order valence-electron chi connectivity index (χ4n) is 2.29. The van der Waals surface area contributed by atoms with Gasteiger partial charge in [-0.2, -0.15) is 5.26 Å². The molecule has 0 aliphatic heterocycles. The fourth-order valence-corrected chi connectivity index (χ4v) is 2.77. The molecule has 0 saturated heterocycles. The van der Waals surface area contributed by atoms with Gasteiger partial charge in [0, 0.05) is 12.0 Å². The van der Waals surface area contributed by atoms with Gasteiger partial charge in [0.25, 0.3) is 0 Å². The first-order valence-corrected chi connectivity index (χ1v) is 8.23. The van der Waals surface area contributed by atoms with Gasteiger partial charge in [0.1, 0.15) is 0 Å². The molecule has 4 nitrogen and oxygen atoms in total. The van der Waals surface area contributed by atoms with Crippen LogP contribution in [-0.4, -0.2) is 18.1 Å². The minimum absolute atomic E-state index is 0.0633. The summed E-state index contributed by atoms with van der Waals surface area (Å²) in [5.74, 6) is -0.591. The number of benzene rings is 1. The molecule has 0 N–H and O–H groups in total. The topological polar surface area (TPSA) is 63.0 Å². The Hall–Kier alpha value is -2.09. The fraction of sp³-hybridized carbons (Fsp3) is 0.278. The standard InChI is InChI=1S/C18H16Cl2N2O2/c1-24-18(23)17-14(19)8-9-16(22-17)13-7-6-12(11-15(13)20)5-3-2-4-10-21/h6-9,11H,2-5H2,1H3. The van der Waals surface area contributed by atoms with Crippen molar-refractivity contribution in [3.05, 3.63) is 51.6 Å². The van der Waals surface area contributed by atoms with E-state index in [0.717, 1.165) is 30.4 Å². The van der Waals surface area contributed by atoms with E-state index in [-0.39, 0.29) is 10.7 Å². The number of carbonyl (C=O) groups is 1. The number of aromatic nitrogens is 1. The summed E-state index contributed by atoms with van der Waals surface area (Å²) in [6.07, 6.45) is 3.24. The first-order valence-electron chi connectivity index (χ1n) is 7.47. The average Bonchev–Trinajstić information content (AvgIpc) is 2.59. The molecule has 0 radical (unpaired) electrons. The lowest BCUT2D eigenvalue weighted by molar-refractivity contribution is 0.0594. The predicted octanol–water partition coefficient (Wildman–Crippen LogP) is 5.08. The number of halogens is 2. The van der Waals surface area contributed by atoms with Gasteiger partial charge in [0.2, 0.25) is 0 Å². The van der Waals surface area contributed by atoms with Gasteiger partial charge in [-0.1, -0.05) is 35.3 Å². The van der Waals surface area contributed by atoms with E-state index in [0.29, 0.717) is 17.1 Å². The number of nitriles is 1. The Balaban J connectivity index is 2.23. The van der Waals surface area contributed by atoms with E-state index < -0.39 is 5.97 Å². The molecule has 0 spiro atoms. The Morgan fingerprint density at radius 3 is 2.67 bits per heavy atom. The highest BCUT2D eigenvalue weighted by Crippen LogP contribution is 2.29. The number of unbranched alkanes of at least 4 members (excludes halogenated alkanes) is 2. The summed E-state index contributed by atoms with van der Waals surface area (Å²) in [4.78, 5) is 16.0. The van der Waals surface area contributed by atoms with Crippen molar-refractivity contribution in [1.29, 1.82) is 5.26 Å². The number of ether oxygens (including phenoxy) is 1. The van der Waals surface area contributed by atoms with Crippen LogP contribution in [-0.2, 0) is 11.2 Å². The Morgan fingerprint density at radius 2 is 2.00 bits per heavy atom. The minimum Gasteiger partial charge on any atom is -0.464 e. The van der Waals surface area contributed by atoms with Crippen LogP contribution in [0.2, 0.25) is 10.0 Å². The van der Waals surface area contributed by atoms with Crippen LogP contribution in [0.1, 0.15) is 35.3 Å². The normalized spacial score (nSPS) is 10.2. The monoisotopic (exact) mass is 362 g/mol. The van der Waals surface area contributed by atoms with Crippen molar-refractivity contribution < 1.29 is 9.53 Å². The summed E-state index contributed by atoms with van der Waals surface area (Å²) in [6, 6.07) is 11.2. The second-order valence-electron chi connectivity index (χ2n) is 5.20. The van der Waals surface area contributed by atoms with Crippen LogP contribution >= 0.6 is 23.2 Å². The first-order chi connectivity index (χ1) is 11.6. The predicted molar refractivity (Wildman–Crippen MR) is 94.2 cm³/mol. The Bertz CT molecular complexity index is 785. The molecule has 1 aromatic carbocycles. The lowest BCUT2D eigenvalue weighted by Crippen LogP contribution is -2.06. The van der Waals surface area contributed by atoms with E-state index in [2.05, 4.69) is 15.8 Å². The zero-order valence-corrected chi connectivity index (χ0v) is 14.7. The van der Waals surface area contributed by atoms with Crippen LogP contribution in [0, 0.1) is 11.3 Å². The molecule has 0 aliphatic rings. The van der Waals surface area contributed by atoms with E-state index in [1.165, 1.54) is 7.11 Å². The average molecular weight is 363 g/mol. The molecule has 0 unspecified atom stereocenters.